The molecule has 0 radical (unpaired) electrons. The molecule has 1 aliphatic rings. The molecule has 1 N–H and O–H groups in total. The van der Waals surface area contributed by atoms with Crippen LogP contribution >= 0.6 is 23.1 Å². The van der Waals surface area contributed by atoms with Gasteiger partial charge in [0.25, 0.3) is 0 Å². The first-order valence-corrected chi connectivity index (χ1v) is 7.84. The van der Waals surface area contributed by atoms with E-state index >= 15 is 0 Å². The maximum Gasteiger partial charge on any atom is 0.157 e. The molecule has 0 saturated carbocycles. The molecule has 1 unspecified atom stereocenters. The topological polar surface area (TPSA) is 24.4 Å². The average molecular weight is 274 g/mol. The van der Waals surface area contributed by atoms with Gasteiger partial charge in [0.15, 0.2) is 5.17 Å². The molecule has 1 aromatic heterocycles. The molecular formula is C14H14N2S2. The average Bonchev–Trinajstić information content (AvgIpc) is 3.09. The number of nitrogens with one attached hydrogen (secondary N) is 1. The van der Waals surface area contributed by atoms with Crippen molar-refractivity contribution in [2.24, 2.45) is 4.99 Å². The van der Waals surface area contributed by atoms with E-state index in [0.29, 0.717) is 6.04 Å². The Balaban J connectivity index is 1.63. The van der Waals surface area contributed by atoms with E-state index in [1.165, 1.54) is 11.1 Å². The van der Waals surface area contributed by atoms with Crippen molar-refractivity contribution >= 4 is 28.3 Å². The summed E-state index contributed by atoms with van der Waals surface area (Å²) in [7, 11) is 0. The Labute approximate surface area is 115 Å². The van der Waals surface area contributed by atoms with Gasteiger partial charge in [0, 0.05) is 5.75 Å². The number of hydrogen-bond acceptors (Lipinski definition) is 3. The van der Waals surface area contributed by atoms with E-state index in [1.54, 1.807) is 11.3 Å². The maximum absolute atomic E-state index is 4.62. The van der Waals surface area contributed by atoms with Gasteiger partial charge in [-0.3, -0.25) is 4.99 Å². The van der Waals surface area contributed by atoms with Crippen LogP contribution in [-0.2, 0) is 6.54 Å². The summed E-state index contributed by atoms with van der Waals surface area (Å²) in [6, 6.07) is 13.1. The normalized spacial score (nSPS) is 21.1. The molecule has 1 saturated heterocycles. The first-order chi connectivity index (χ1) is 8.92. The van der Waals surface area contributed by atoms with Gasteiger partial charge in [-0.25, -0.2) is 0 Å². The molecule has 1 atom stereocenters. The fraction of sp³-hybridized carbons (Fsp3) is 0.214. The number of hydrogen-bond donors (Lipinski definition) is 1. The van der Waals surface area contributed by atoms with Crippen molar-refractivity contribution in [1.82, 2.24) is 5.32 Å². The lowest BCUT2D eigenvalue weighted by Gasteiger charge is -2.09. The lowest BCUT2D eigenvalue weighted by atomic mass is 10.1. The minimum atomic E-state index is 0.400. The van der Waals surface area contributed by atoms with Crippen LogP contribution in [0.3, 0.4) is 0 Å². The summed E-state index contributed by atoms with van der Waals surface area (Å²) in [5.41, 5.74) is 2.63. The minimum Gasteiger partial charge on any atom is -0.357 e. The van der Waals surface area contributed by atoms with E-state index in [9.17, 15) is 0 Å². The largest absolute Gasteiger partial charge is 0.357 e. The Bertz CT molecular complexity index is 520. The Hall–Kier alpha value is -1.26. The first-order valence-electron chi connectivity index (χ1n) is 5.91. The van der Waals surface area contributed by atoms with Gasteiger partial charge < -0.3 is 5.32 Å². The maximum atomic E-state index is 4.62. The number of amidine groups is 1. The molecule has 1 aliphatic heterocycles. The highest BCUT2D eigenvalue weighted by atomic mass is 32.2. The standard InChI is InChI=1S/C14H14N2S2/c1-2-4-12(5-3-1)13-10-18-14(16-13)15-8-11-6-7-17-9-11/h1-7,9,13H,8,10H2,(H,15,16). The van der Waals surface area contributed by atoms with Gasteiger partial charge in [0.1, 0.15) is 0 Å². The zero-order chi connectivity index (χ0) is 12.2. The molecule has 92 valence electrons. The number of benzene rings is 1. The van der Waals surface area contributed by atoms with Gasteiger partial charge in [0.2, 0.25) is 0 Å². The molecule has 1 aromatic carbocycles. The van der Waals surface area contributed by atoms with Crippen LogP contribution < -0.4 is 5.32 Å². The van der Waals surface area contributed by atoms with Gasteiger partial charge in [-0.1, -0.05) is 42.1 Å². The van der Waals surface area contributed by atoms with Crippen LogP contribution in [0.15, 0.2) is 52.2 Å². The van der Waals surface area contributed by atoms with Gasteiger partial charge in [-0.15, -0.1) is 0 Å². The highest BCUT2D eigenvalue weighted by molar-refractivity contribution is 8.14. The lowest BCUT2D eigenvalue weighted by molar-refractivity contribution is 0.748. The molecule has 2 heterocycles. The summed E-state index contributed by atoms with van der Waals surface area (Å²) in [6.45, 7) is 0.778. The predicted molar refractivity (Wildman–Crippen MR) is 80.2 cm³/mol. The summed E-state index contributed by atoms with van der Waals surface area (Å²) in [6.07, 6.45) is 0. The molecule has 0 aliphatic carbocycles. The van der Waals surface area contributed by atoms with Crippen molar-refractivity contribution < 1.29 is 0 Å². The number of rotatable bonds is 3. The van der Waals surface area contributed by atoms with Crippen LogP contribution in [0.1, 0.15) is 17.2 Å². The molecule has 2 nitrogen and oxygen atoms in total. The Morgan fingerprint density at radius 1 is 1.22 bits per heavy atom. The lowest BCUT2D eigenvalue weighted by Crippen LogP contribution is -2.19. The number of aliphatic imine (C=N–C) groups is 1. The third kappa shape index (κ3) is 2.76. The van der Waals surface area contributed by atoms with Crippen molar-refractivity contribution in [3.05, 3.63) is 58.3 Å². The van der Waals surface area contributed by atoms with E-state index in [0.717, 1.165) is 17.5 Å². The molecule has 0 amide bonds. The second-order valence-electron chi connectivity index (χ2n) is 4.17. The highest BCUT2D eigenvalue weighted by Gasteiger charge is 2.21. The Kier molecular flexibility index (Phi) is 3.67. The van der Waals surface area contributed by atoms with E-state index in [1.807, 2.05) is 11.8 Å². The summed E-state index contributed by atoms with van der Waals surface area (Å²) < 4.78 is 0. The van der Waals surface area contributed by atoms with Crippen LogP contribution in [-0.4, -0.2) is 10.9 Å². The van der Waals surface area contributed by atoms with Crippen LogP contribution in [0.25, 0.3) is 0 Å². The van der Waals surface area contributed by atoms with E-state index < -0.39 is 0 Å². The van der Waals surface area contributed by atoms with Crippen molar-refractivity contribution in [3.8, 4) is 0 Å². The Morgan fingerprint density at radius 2 is 2.11 bits per heavy atom. The summed E-state index contributed by atoms with van der Waals surface area (Å²) in [4.78, 5) is 4.62. The molecular weight excluding hydrogens is 260 g/mol. The highest BCUT2D eigenvalue weighted by Crippen LogP contribution is 2.26. The summed E-state index contributed by atoms with van der Waals surface area (Å²) in [5, 5.41) is 8.80. The Morgan fingerprint density at radius 3 is 2.89 bits per heavy atom. The zero-order valence-electron chi connectivity index (χ0n) is 9.87. The fourth-order valence-electron chi connectivity index (χ4n) is 1.90. The number of nitrogens with zero attached hydrogens (tertiary/aromatic N) is 1. The van der Waals surface area contributed by atoms with Gasteiger partial charge in [-0.05, 0) is 28.0 Å². The second kappa shape index (κ2) is 5.59. The molecule has 4 heteroatoms. The third-order valence-electron chi connectivity index (χ3n) is 2.87. The molecule has 2 aromatic rings. The van der Waals surface area contributed by atoms with Gasteiger partial charge >= 0.3 is 0 Å². The molecule has 0 spiro atoms. The third-order valence-corrected chi connectivity index (χ3v) is 4.62. The molecule has 0 bridgehead atoms. The fourth-order valence-corrected chi connectivity index (χ4v) is 3.54. The van der Waals surface area contributed by atoms with Crippen molar-refractivity contribution in [2.75, 3.05) is 5.75 Å². The molecule has 18 heavy (non-hydrogen) atoms. The first kappa shape index (κ1) is 11.8. The van der Waals surface area contributed by atoms with Crippen LogP contribution in [0.4, 0.5) is 0 Å². The predicted octanol–water partition coefficient (Wildman–Crippen LogP) is 3.68. The number of thioether (sulfide) groups is 1. The van der Waals surface area contributed by atoms with Gasteiger partial charge in [-0.2, -0.15) is 11.3 Å². The molecule has 1 fully saturated rings. The van der Waals surface area contributed by atoms with E-state index in [2.05, 4.69) is 57.5 Å². The van der Waals surface area contributed by atoms with Crippen molar-refractivity contribution in [3.63, 3.8) is 0 Å². The summed E-state index contributed by atoms with van der Waals surface area (Å²) >= 11 is 3.53. The van der Waals surface area contributed by atoms with Gasteiger partial charge in [0.05, 0.1) is 12.6 Å². The number of thiophene rings is 1. The molecule has 3 rings (SSSR count). The van der Waals surface area contributed by atoms with Crippen LogP contribution in [0, 0.1) is 0 Å². The van der Waals surface area contributed by atoms with Crippen molar-refractivity contribution in [2.45, 2.75) is 12.6 Å². The van der Waals surface area contributed by atoms with Crippen molar-refractivity contribution in [1.29, 1.82) is 0 Å². The second-order valence-corrected chi connectivity index (χ2v) is 5.96. The summed E-state index contributed by atoms with van der Waals surface area (Å²) in [5.74, 6) is 1.06. The van der Waals surface area contributed by atoms with E-state index in [4.69, 9.17) is 0 Å². The smallest absolute Gasteiger partial charge is 0.157 e. The zero-order valence-corrected chi connectivity index (χ0v) is 11.5. The van der Waals surface area contributed by atoms with E-state index in [-0.39, 0.29) is 0 Å². The quantitative estimate of drug-likeness (QED) is 0.923. The van der Waals surface area contributed by atoms with Crippen LogP contribution in [0.5, 0.6) is 0 Å². The van der Waals surface area contributed by atoms with Crippen LogP contribution in [0.2, 0.25) is 0 Å². The monoisotopic (exact) mass is 274 g/mol. The minimum absolute atomic E-state index is 0.400. The SMILES string of the molecule is c1ccc(C2CSC(=NCc3ccsc3)N2)cc1.